The summed E-state index contributed by atoms with van der Waals surface area (Å²) in [6.45, 7) is 2.25. The lowest BCUT2D eigenvalue weighted by Crippen LogP contribution is -2.30. The third-order valence-electron chi connectivity index (χ3n) is 3.71. The van der Waals surface area contributed by atoms with Crippen molar-refractivity contribution in [3.8, 4) is 6.07 Å². The standard InChI is InChI=1S/C18H16N4O3S3/c1-12-16(17(23)21-28(2,24)25)20-18(27-12)22(11-15-4-3-9-26-15)14-7-5-13(10-19)6-8-14/h3-9H,11H2,1-2H3,(H,21,23). The third-order valence-corrected chi connectivity index (χ3v) is 6.12. The number of benzene rings is 1. The lowest BCUT2D eigenvalue weighted by molar-refractivity contribution is 0.0977. The number of sulfonamides is 1. The number of anilines is 2. The van der Waals surface area contributed by atoms with E-state index < -0.39 is 15.9 Å². The molecule has 0 aliphatic carbocycles. The molecule has 0 spiro atoms. The second-order valence-corrected chi connectivity index (χ2v) is 9.89. The minimum Gasteiger partial charge on any atom is -0.313 e. The van der Waals surface area contributed by atoms with Crippen molar-refractivity contribution in [3.63, 3.8) is 0 Å². The maximum Gasteiger partial charge on any atom is 0.284 e. The van der Waals surface area contributed by atoms with Gasteiger partial charge in [-0.3, -0.25) is 4.79 Å². The molecule has 0 radical (unpaired) electrons. The first-order valence-electron chi connectivity index (χ1n) is 8.06. The van der Waals surface area contributed by atoms with Crippen LogP contribution in [0.15, 0.2) is 41.8 Å². The predicted molar refractivity (Wildman–Crippen MR) is 110 cm³/mol. The molecule has 1 aromatic carbocycles. The second-order valence-electron chi connectivity index (χ2n) is 5.93. The lowest BCUT2D eigenvalue weighted by atomic mass is 10.2. The minimum absolute atomic E-state index is 0.0789. The van der Waals surface area contributed by atoms with Crippen molar-refractivity contribution in [2.45, 2.75) is 13.5 Å². The number of carbonyl (C=O) groups is 1. The Morgan fingerprint density at radius 1 is 1.29 bits per heavy atom. The molecule has 10 heteroatoms. The largest absolute Gasteiger partial charge is 0.313 e. The van der Waals surface area contributed by atoms with Gasteiger partial charge in [0.15, 0.2) is 5.13 Å². The van der Waals surface area contributed by atoms with Crippen LogP contribution in [-0.4, -0.2) is 25.6 Å². The summed E-state index contributed by atoms with van der Waals surface area (Å²) < 4.78 is 24.7. The highest BCUT2D eigenvalue weighted by Crippen LogP contribution is 2.33. The highest BCUT2D eigenvalue weighted by Gasteiger charge is 2.22. The molecule has 0 saturated heterocycles. The zero-order valence-electron chi connectivity index (χ0n) is 15.0. The topological polar surface area (TPSA) is 103 Å². The van der Waals surface area contributed by atoms with E-state index in [0.717, 1.165) is 16.8 Å². The normalized spacial score (nSPS) is 11.0. The summed E-state index contributed by atoms with van der Waals surface area (Å²) in [7, 11) is -3.68. The van der Waals surface area contributed by atoms with Gasteiger partial charge in [0.05, 0.1) is 24.4 Å². The van der Waals surface area contributed by atoms with Crippen LogP contribution in [-0.2, 0) is 16.6 Å². The highest BCUT2D eigenvalue weighted by atomic mass is 32.2. The smallest absolute Gasteiger partial charge is 0.284 e. The first kappa shape index (κ1) is 20.0. The van der Waals surface area contributed by atoms with E-state index in [9.17, 15) is 13.2 Å². The predicted octanol–water partition coefficient (Wildman–Crippen LogP) is 3.41. The van der Waals surface area contributed by atoms with Gasteiger partial charge in [0.2, 0.25) is 10.0 Å². The molecule has 0 atom stereocenters. The van der Waals surface area contributed by atoms with E-state index in [4.69, 9.17) is 5.26 Å². The number of aromatic nitrogens is 1. The maximum absolute atomic E-state index is 12.3. The molecule has 0 saturated carbocycles. The van der Waals surface area contributed by atoms with Crippen molar-refractivity contribution in [3.05, 3.63) is 62.8 Å². The number of thiophene rings is 1. The van der Waals surface area contributed by atoms with Crippen molar-refractivity contribution < 1.29 is 13.2 Å². The summed E-state index contributed by atoms with van der Waals surface area (Å²) in [5.74, 6) is -0.751. The van der Waals surface area contributed by atoms with Gasteiger partial charge < -0.3 is 4.90 Å². The molecule has 144 valence electrons. The van der Waals surface area contributed by atoms with Crippen LogP contribution < -0.4 is 9.62 Å². The van der Waals surface area contributed by atoms with Crippen LogP contribution in [0.3, 0.4) is 0 Å². The molecule has 2 aromatic heterocycles. The van der Waals surface area contributed by atoms with Gasteiger partial charge in [-0.25, -0.2) is 18.1 Å². The summed E-state index contributed by atoms with van der Waals surface area (Å²) in [6.07, 6.45) is 0.924. The Labute approximate surface area is 170 Å². The first-order chi connectivity index (χ1) is 13.3. The van der Waals surface area contributed by atoms with Crippen molar-refractivity contribution in [2.24, 2.45) is 0 Å². The van der Waals surface area contributed by atoms with Crippen molar-refractivity contribution in [1.29, 1.82) is 5.26 Å². The number of carbonyl (C=O) groups excluding carboxylic acids is 1. The Morgan fingerprint density at radius 3 is 2.57 bits per heavy atom. The van der Waals surface area contributed by atoms with Gasteiger partial charge in [-0.15, -0.1) is 22.7 Å². The Kier molecular flexibility index (Phi) is 5.79. The summed E-state index contributed by atoms with van der Waals surface area (Å²) in [6, 6.07) is 13.1. The molecule has 0 aliphatic heterocycles. The van der Waals surface area contributed by atoms with Gasteiger partial charge in [-0.2, -0.15) is 5.26 Å². The molecule has 28 heavy (non-hydrogen) atoms. The van der Waals surface area contributed by atoms with Gasteiger partial charge in [-0.05, 0) is 42.6 Å². The summed E-state index contributed by atoms with van der Waals surface area (Å²) in [5, 5.41) is 11.6. The maximum atomic E-state index is 12.3. The van der Waals surface area contributed by atoms with Gasteiger partial charge in [0.25, 0.3) is 5.91 Å². The van der Waals surface area contributed by atoms with Crippen molar-refractivity contribution in [1.82, 2.24) is 9.71 Å². The molecule has 0 bridgehead atoms. The molecule has 7 nitrogen and oxygen atoms in total. The Bertz CT molecular complexity index is 1130. The van der Waals surface area contributed by atoms with Crippen LogP contribution in [0, 0.1) is 18.3 Å². The number of thiazole rings is 1. The van der Waals surface area contributed by atoms with Gasteiger partial charge >= 0.3 is 0 Å². The van der Waals surface area contributed by atoms with Gasteiger partial charge in [-0.1, -0.05) is 6.07 Å². The zero-order valence-corrected chi connectivity index (χ0v) is 17.5. The fourth-order valence-corrected chi connectivity index (χ4v) is 4.52. The van der Waals surface area contributed by atoms with Crippen LogP contribution in [0.5, 0.6) is 0 Å². The molecular weight excluding hydrogens is 416 g/mol. The number of hydrogen-bond donors (Lipinski definition) is 1. The molecule has 0 unspecified atom stereocenters. The minimum atomic E-state index is -3.68. The van der Waals surface area contributed by atoms with E-state index in [1.54, 1.807) is 30.4 Å². The zero-order chi connectivity index (χ0) is 20.3. The Hall–Kier alpha value is -2.74. The second kappa shape index (κ2) is 8.10. The number of rotatable bonds is 6. The van der Waals surface area contributed by atoms with E-state index in [1.807, 2.05) is 39.3 Å². The van der Waals surface area contributed by atoms with Gasteiger partial charge in [0, 0.05) is 15.4 Å². The van der Waals surface area contributed by atoms with Crippen LogP contribution in [0.25, 0.3) is 0 Å². The van der Waals surface area contributed by atoms with Crippen LogP contribution >= 0.6 is 22.7 Å². The number of amides is 1. The number of nitrogens with zero attached hydrogens (tertiary/aromatic N) is 3. The molecule has 1 N–H and O–H groups in total. The van der Waals surface area contributed by atoms with Crippen LogP contribution in [0.4, 0.5) is 10.8 Å². The number of aryl methyl sites for hydroxylation is 1. The summed E-state index contributed by atoms with van der Waals surface area (Å²) in [4.78, 5) is 20.3. The summed E-state index contributed by atoms with van der Waals surface area (Å²) >= 11 is 2.90. The average molecular weight is 433 g/mol. The van der Waals surface area contributed by atoms with Crippen LogP contribution in [0.2, 0.25) is 0 Å². The fourth-order valence-electron chi connectivity index (χ4n) is 2.47. The van der Waals surface area contributed by atoms with Crippen LogP contribution in [0.1, 0.15) is 25.8 Å². The monoisotopic (exact) mass is 432 g/mol. The van der Waals surface area contributed by atoms with E-state index in [2.05, 4.69) is 11.1 Å². The Balaban J connectivity index is 1.99. The average Bonchev–Trinajstić information content (AvgIpc) is 3.28. The molecule has 0 aliphatic rings. The highest BCUT2D eigenvalue weighted by molar-refractivity contribution is 7.89. The van der Waals surface area contributed by atoms with E-state index in [-0.39, 0.29) is 5.69 Å². The fraction of sp³-hybridized carbons (Fsp3) is 0.167. The molecule has 1 amide bonds. The number of hydrogen-bond acceptors (Lipinski definition) is 8. The quantitative estimate of drug-likeness (QED) is 0.640. The van der Waals surface area contributed by atoms with E-state index in [1.165, 1.54) is 11.3 Å². The Morgan fingerprint density at radius 2 is 2.00 bits per heavy atom. The van der Waals surface area contributed by atoms with Crippen molar-refractivity contribution >= 4 is 49.4 Å². The van der Waals surface area contributed by atoms with E-state index in [0.29, 0.717) is 22.1 Å². The lowest BCUT2D eigenvalue weighted by Gasteiger charge is -2.21. The summed E-state index contributed by atoms with van der Waals surface area (Å²) in [5.41, 5.74) is 1.44. The van der Waals surface area contributed by atoms with Crippen molar-refractivity contribution in [2.75, 3.05) is 11.2 Å². The molecule has 3 rings (SSSR count). The first-order valence-corrected chi connectivity index (χ1v) is 11.6. The number of nitrogens with one attached hydrogen (secondary N) is 1. The van der Waals surface area contributed by atoms with Gasteiger partial charge in [0.1, 0.15) is 5.69 Å². The molecule has 0 fully saturated rings. The molecule has 2 heterocycles. The SMILES string of the molecule is Cc1sc(N(Cc2cccs2)c2ccc(C#N)cc2)nc1C(=O)NS(C)(=O)=O. The third kappa shape index (κ3) is 4.75. The molecule has 3 aromatic rings. The van der Waals surface area contributed by atoms with E-state index >= 15 is 0 Å². The number of nitriles is 1. The molecular formula is C18H16N4O3S3.